The van der Waals surface area contributed by atoms with Crippen LogP contribution in [0.15, 0.2) is 65.2 Å². The average molecular weight is 483 g/mol. The maximum Gasteiger partial charge on any atom is 0.312 e. The smallest absolute Gasteiger partial charge is 0.312 e. The lowest BCUT2D eigenvalue weighted by Gasteiger charge is -2.24. The second-order valence-electron chi connectivity index (χ2n) is 8.93. The van der Waals surface area contributed by atoms with Gasteiger partial charge in [-0.2, -0.15) is 0 Å². The maximum atomic E-state index is 13.5. The number of aryl methyl sites for hydroxylation is 2. The standard InChI is InChI=1S/C27H22N4O3S/c1-15-7-10-19(11-8-15)31-23(27(33)34-30-31)24(32)25-22(28)20-14-18-13-17(16-5-3-2-4-6-16)9-12-21(18)29-26(20)35-25/h2-8,10-11,14,17H,9,12-13H2,1H3,(H2-,28,30,32,33). The topological polar surface area (TPSA) is 109 Å². The van der Waals surface area contributed by atoms with Crippen molar-refractivity contribution in [3.63, 3.8) is 0 Å². The fraction of sp³-hybridized carbons (Fsp3) is 0.185. The Hall–Kier alpha value is -4.04. The average Bonchev–Trinajstić information content (AvgIpc) is 3.42. The number of nitrogen functional groups attached to an aromatic ring is 1. The molecule has 0 saturated carbocycles. The minimum Gasteiger partial charge on any atom is -0.539 e. The van der Waals surface area contributed by atoms with Crippen molar-refractivity contribution >= 4 is 33.0 Å². The Balaban J connectivity index is 1.39. The molecule has 5 aromatic rings. The van der Waals surface area contributed by atoms with E-state index in [1.807, 2.05) is 25.1 Å². The number of hydrogen-bond donors (Lipinski definition) is 1. The minimum absolute atomic E-state index is 0.180. The monoisotopic (exact) mass is 482 g/mol. The third kappa shape index (κ3) is 3.66. The summed E-state index contributed by atoms with van der Waals surface area (Å²) in [7, 11) is 0. The Bertz CT molecular complexity index is 1570. The van der Waals surface area contributed by atoms with E-state index in [2.05, 4.69) is 35.6 Å². The number of benzene rings is 2. The molecule has 2 N–H and O–H groups in total. The van der Waals surface area contributed by atoms with E-state index in [0.717, 1.165) is 41.5 Å². The van der Waals surface area contributed by atoms with E-state index in [4.69, 9.17) is 15.2 Å². The molecular weight excluding hydrogens is 460 g/mol. The van der Waals surface area contributed by atoms with E-state index >= 15 is 0 Å². The Morgan fingerprint density at radius 2 is 1.94 bits per heavy atom. The summed E-state index contributed by atoms with van der Waals surface area (Å²) in [5.74, 6) is -0.889. The molecule has 1 atom stereocenters. The lowest BCUT2D eigenvalue weighted by Crippen LogP contribution is -2.39. The predicted molar refractivity (Wildman–Crippen MR) is 131 cm³/mol. The third-order valence-electron chi connectivity index (χ3n) is 6.67. The molecule has 35 heavy (non-hydrogen) atoms. The van der Waals surface area contributed by atoms with Gasteiger partial charge in [0.05, 0.1) is 11.0 Å². The molecule has 3 aromatic heterocycles. The molecule has 0 radical (unpaired) electrons. The van der Waals surface area contributed by atoms with E-state index in [1.54, 1.807) is 12.1 Å². The van der Waals surface area contributed by atoms with Crippen molar-refractivity contribution in [2.24, 2.45) is 0 Å². The van der Waals surface area contributed by atoms with Crippen LogP contribution in [-0.4, -0.2) is 16.0 Å². The number of anilines is 1. The number of carbonyl (C=O) groups is 1. The Morgan fingerprint density at radius 1 is 1.17 bits per heavy atom. The first-order chi connectivity index (χ1) is 17.0. The van der Waals surface area contributed by atoms with Gasteiger partial charge in [0.2, 0.25) is 5.69 Å². The van der Waals surface area contributed by atoms with Gasteiger partial charge in [0.25, 0.3) is 5.78 Å². The van der Waals surface area contributed by atoms with Crippen LogP contribution in [0.1, 0.15) is 50.1 Å². The highest BCUT2D eigenvalue weighted by atomic mass is 32.1. The Labute approximate surface area is 205 Å². The molecule has 1 aliphatic rings. The molecule has 1 unspecified atom stereocenters. The zero-order valence-corrected chi connectivity index (χ0v) is 19.8. The number of aromatic nitrogens is 3. The SMILES string of the molecule is Cc1ccc(-[n+]2noc([O-])c2C(=O)c2sc3nc4c(cc3c2N)CC(c2ccccc2)CC4)cc1. The Morgan fingerprint density at radius 3 is 2.71 bits per heavy atom. The van der Waals surface area contributed by atoms with Crippen molar-refractivity contribution in [3.8, 4) is 11.6 Å². The fourth-order valence-electron chi connectivity index (χ4n) is 4.78. The number of pyridine rings is 1. The number of ketones is 1. The first kappa shape index (κ1) is 21.5. The second-order valence-corrected chi connectivity index (χ2v) is 9.93. The molecule has 174 valence electrons. The molecule has 0 fully saturated rings. The molecule has 0 amide bonds. The van der Waals surface area contributed by atoms with Crippen molar-refractivity contribution < 1.29 is 19.1 Å². The Kier molecular flexibility index (Phi) is 5.11. The summed E-state index contributed by atoms with van der Waals surface area (Å²) in [5.41, 5.74) is 11.8. The summed E-state index contributed by atoms with van der Waals surface area (Å²) in [6.45, 7) is 1.95. The van der Waals surface area contributed by atoms with Crippen molar-refractivity contribution in [1.82, 2.24) is 10.3 Å². The first-order valence-corrected chi connectivity index (χ1v) is 12.3. The summed E-state index contributed by atoms with van der Waals surface area (Å²) >= 11 is 1.21. The number of carbonyl (C=O) groups excluding carboxylic acids is 1. The van der Waals surface area contributed by atoms with Gasteiger partial charge in [-0.3, -0.25) is 4.79 Å². The predicted octanol–water partition coefficient (Wildman–Crippen LogP) is 4.03. The largest absolute Gasteiger partial charge is 0.539 e. The normalized spacial score (nSPS) is 15.3. The highest BCUT2D eigenvalue weighted by molar-refractivity contribution is 7.21. The highest BCUT2D eigenvalue weighted by Gasteiger charge is 2.32. The zero-order chi connectivity index (χ0) is 24.1. The van der Waals surface area contributed by atoms with Crippen LogP contribution >= 0.6 is 11.3 Å². The molecule has 0 spiro atoms. The third-order valence-corrected chi connectivity index (χ3v) is 7.78. The highest BCUT2D eigenvalue weighted by Crippen LogP contribution is 2.39. The number of rotatable bonds is 4. The van der Waals surface area contributed by atoms with Gasteiger partial charge in [-0.15, -0.1) is 11.3 Å². The lowest BCUT2D eigenvalue weighted by molar-refractivity contribution is -0.672. The minimum atomic E-state index is -0.801. The van der Waals surface area contributed by atoms with E-state index < -0.39 is 11.7 Å². The van der Waals surface area contributed by atoms with E-state index in [1.165, 1.54) is 21.6 Å². The summed E-state index contributed by atoms with van der Waals surface area (Å²) < 4.78 is 6.09. The summed E-state index contributed by atoms with van der Waals surface area (Å²) in [5, 5.41) is 17.0. The quantitative estimate of drug-likeness (QED) is 0.306. The van der Waals surface area contributed by atoms with Crippen molar-refractivity contribution in [2.45, 2.75) is 32.1 Å². The van der Waals surface area contributed by atoms with Crippen LogP contribution in [0.3, 0.4) is 0 Å². The number of fused-ring (bicyclic) bond motifs is 2. The number of thiophene rings is 1. The summed E-state index contributed by atoms with van der Waals surface area (Å²) in [6, 6.07) is 19.9. The van der Waals surface area contributed by atoms with Gasteiger partial charge < -0.3 is 15.4 Å². The molecule has 8 heteroatoms. The van der Waals surface area contributed by atoms with Crippen LogP contribution in [0.25, 0.3) is 15.9 Å². The van der Waals surface area contributed by atoms with Crippen LogP contribution in [0, 0.1) is 6.92 Å². The van der Waals surface area contributed by atoms with E-state index in [0.29, 0.717) is 22.1 Å². The van der Waals surface area contributed by atoms with Gasteiger partial charge in [0, 0.05) is 23.2 Å². The molecule has 1 aliphatic carbocycles. The number of hydrogen-bond acceptors (Lipinski definition) is 7. The molecule has 2 aromatic carbocycles. The molecule has 7 nitrogen and oxygen atoms in total. The van der Waals surface area contributed by atoms with Crippen molar-refractivity contribution in [1.29, 1.82) is 0 Å². The van der Waals surface area contributed by atoms with Crippen molar-refractivity contribution in [2.75, 3.05) is 5.73 Å². The van der Waals surface area contributed by atoms with E-state index in [-0.39, 0.29) is 10.6 Å². The fourth-order valence-corrected chi connectivity index (χ4v) is 5.81. The summed E-state index contributed by atoms with van der Waals surface area (Å²) in [4.78, 5) is 19.4. The van der Waals surface area contributed by atoms with Crippen LogP contribution < -0.4 is 15.5 Å². The number of nitrogens with zero attached hydrogens (tertiary/aromatic N) is 3. The second kappa shape index (κ2) is 8.32. The first-order valence-electron chi connectivity index (χ1n) is 11.5. The molecular formula is C27H22N4O3S. The lowest BCUT2D eigenvalue weighted by atomic mass is 9.82. The maximum absolute atomic E-state index is 13.5. The molecule has 0 aliphatic heterocycles. The van der Waals surface area contributed by atoms with Crippen LogP contribution in [0.2, 0.25) is 0 Å². The molecule has 0 bridgehead atoms. The van der Waals surface area contributed by atoms with Gasteiger partial charge >= 0.3 is 5.69 Å². The van der Waals surface area contributed by atoms with Gasteiger partial charge in [0.15, 0.2) is 5.95 Å². The van der Waals surface area contributed by atoms with E-state index in [9.17, 15) is 9.90 Å². The van der Waals surface area contributed by atoms with Crippen molar-refractivity contribution in [3.05, 3.63) is 93.6 Å². The molecule has 0 saturated heterocycles. The molecule has 3 heterocycles. The van der Waals surface area contributed by atoms with Crippen LogP contribution in [0.4, 0.5) is 5.69 Å². The van der Waals surface area contributed by atoms with Gasteiger partial charge in [-0.05, 0) is 54.0 Å². The zero-order valence-electron chi connectivity index (χ0n) is 19.0. The number of nitrogens with two attached hydrogens (primary N) is 1. The van der Waals surface area contributed by atoms with Crippen LogP contribution in [-0.2, 0) is 12.8 Å². The van der Waals surface area contributed by atoms with Gasteiger partial charge in [-0.25, -0.2) is 4.98 Å². The molecule has 6 rings (SSSR count). The van der Waals surface area contributed by atoms with Crippen LogP contribution in [0.5, 0.6) is 5.95 Å². The van der Waals surface area contributed by atoms with Gasteiger partial charge in [0.1, 0.15) is 9.71 Å². The van der Waals surface area contributed by atoms with Gasteiger partial charge in [-0.1, -0.05) is 48.0 Å². The summed E-state index contributed by atoms with van der Waals surface area (Å²) in [6.07, 6.45) is 2.78.